The van der Waals surface area contributed by atoms with Crippen molar-refractivity contribution in [3.8, 4) is 5.75 Å². The molecule has 1 rings (SSSR count). The Morgan fingerprint density at radius 2 is 1.89 bits per heavy atom. The van der Waals surface area contributed by atoms with E-state index in [1.165, 1.54) is 29.6 Å². The molecule has 0 N–H and O–H groups in total. The van der Waals surface area contributed by atoms with Crippen molar-refractivity contribution in [3.05, 3.63) is 23.1 Å². The van der Waals surface area contributed by atoms with Crippen molar-refractivity contribution in [3.63, 3.8) is 0 Å². The predicted octanol–water partition coefficient (Wildman–Crippen LogP) is 2.12. The van der Waals surface area contributed by atoms with Gasteiger partial charge in [-0.2, -0.15) is 4.31 Å². The Balaban J connectivity index is 3.36. The number of nitroso groups, excluding NO2 is 1. The summed E-state index contributed by atoms with van der Waals surface area (Å²) in [6, 6.07) is 4.00. The maximum Gasteiger partial charge on any atom is 0.246 e. The van der Waals surface area contributed by atoms with Gasteiger partial charge in [0, 0.05) is 19.2 Å². The zero-order valence-electron chi connectivity index (χ0n) is 10.6. The first kappa shape index (κ1) is 14.6. The molecule has 1 aromatic carbocycles. The van der Waals surface area contributed by atoms with E-state index in [0.29, 0.717) is 13.1 Å². The van der Waals surface area contributed by atoms with Crippen LogP contribution in [-0.4, -0.2) is 32.9 Å². The third-order valence-electron chi connectivity index (χ3n) is 2.58. The van der Waals surface area contributed by atoms with Crippen molar-refractivity contribution < 1.29 is 13.2 Å². The van der Waals surface area contributed by atoms with Crippen LogP contribution >= 0.6 is 0 Å². The average Bonchev–Trinajstić information content (AvgIpc) is 2.38. The third-order valence-corrected chi connectivity index (χ3v) is 4.67. The monoisotopic (exact) mass is 272 g/mol. The van der Waals surface area contributed by atoms with Crippen molar-refractivity contribution in [1.29, 1.82) is 0 Å². The fourth-order valence-electron chi connectivity index (χ4n) is 1.63. The van der Waals surface area contributed by atoms with Gasteiger partial charge in [-0.3, -0.25) is 0 Å². The van der Waals surface area contributed by atoms with Gasteiger partial charge in [-0.15, -0.1) is 4.91 Å². The number of nitrogens with zero attached hydrogens (tertiary/aromatic N) is 2. The van der Waals surface area contributed by atoms with E-state index in [9.17, 15) is 13.3 Å². The highest BCUT2D eigenvalue weighted by Crippen LogP contribution is 2.30. The quantitative estimate of drug-likeness (QED) is 0.743. The normalized spacial score (nSPS) is 11.6. The largest absolute Gasteiger partial charge is 0.495 e. The summed E-state index contributed by atoms with van der Waals surface area (Å²) in [6.07, 6.45) is 0. The molecule has 1 aromatic rings. The standard InChI is InChI=1S/C11H16N2O4S/c1-4-13(5-2)18(15,16)11-7-6-9(12-14)8-10(11)17-3/h6-8H,4-5H2,1-3H3. The van der Waals surface area contributed by atoms with Gasteiger partial charge in [-0.1, -0.05) is 13.8 Å². The summed E-state index contributed by atoms with van der Waals surface area (Å²) in [7, 11) is -2.25. The van der Waals surface area contributed by atoms with Crippen molar-refractivity contribution in [2.75, 3.05) is 20.2 Å². The minimum atomic E-state index is -3.60. The van der Waals surface area contributed by atoms with Crippen molar-refractivity contribution in [1.82, 2.24) is 4.31 Å². The Kier molecular flexibility index (Phi) is 4.80. The van der Waals surface area contributed by atoms with E-state index in [4.69, 9.17) is 4.74 Å². The SMILES string of the molecule is CCN(CC)S(=O)(=O)c1ccc(N=O)cc1OC. The van der Waals surface area contributed by atoms with Crippen LogP contribution in [0.15, 0.2) is 28.3 Å². The van der Waals surface area contributed by atoms with Crippen LogP contribution in [0.3, 0.4) is 0 Å². The molecule has 0 heterocycles. The van der Waals surface area contributed by atoms with Crippen LogP contribution in [0, 0.1) is 4.91 Å². The first-order chi connectivity index (χ1) is 8.51. The summed E-state index contributed by atoms with van der Waals surface area (Å²) in [5, 5.41) is 2.75. The maximum absolute atomic E-state index is 12.3. The maximum atomic E-state index is 12.3. The van der Waals surface area contributed by atoms with E-state index in [0.717, 1.165) is 0 Å². The molecule has 0 saturated carbocycles. The summed E-state index contributed by atoms with van der Waals surface area (Å²) >= 11 is 0. The fourth-order valence-corrected chi connectivity index (χ4v) is 3.22. The first-order valence-electron chi connectivity index (χ1n) is 5.52. The van der Waals surface area contributed by atoms with E-state index >= 15 is 0 Å². The van der Waals surface area contributed by atoms with Crippen molar-refractivity contribution in [2.24, 2.45) is 5.18 Å². The lowest BCUT2D eigenvalue weighted by molar-refractivity contribution is 0.395. The molecule has 0 atom stereocenters. The van der Waals surface area contributed by atoms with Gasteiger partial charge < -0.3 is 4.74 Å². The highest BCUT2D eigenvalue weighted by molar-refractivity contribution is 7.89. The van der Waals surface area contributed by atoms with Crippen LogP contribution in [0.4, 0.5) is 5.69 Å². The number of sulfonamides is 1. The van der Waals surface area contributed by atoms with Gasteiger partial charge in [0.15, 0.2) is 0 Å². The van der Waals surface area contributed by atoms with Crippen molar-refractivity contribution >= 4 is 15.7 Å². The zero-order valence-corrected chi connectivity index (χ0v) is 11.4. The molecule has 0 aliphatic carbocycles. The van der Waals surface area contributed by atoms with Gasteiger partial charge in [-0.05, 0) is 17.3 Å². The number of ether oxygens (including phenoxy) is 1. The Hall–Kier alpha value is -1.47. The predicted molar refractivity (Wildman–Crippen MR) is 68.6 cm³/mol. The van der Waals surface area contributed by atoms with Crippen LogP contribution in [0.1, 0.15) is 13.8 Å². The topological polar surface area (TPSA) is 76.0 Å². The Labute approximate surface area is 107 Å². The Bertz CT molecular complexity index is 524. The zero-order chi connectivity index (χ0) is 13.8. The summed E-state index contributed by atoms with van der Waals surface area (Å²) in [5.41, 5.74) is 0.130. The van der Waals surface area contributed by atoms with Gasteiger partial charge >= 0.3 is 0 Å². The lowest BCUT2D eigenvalue weighted by atomic mass is 10.3. The second-order valence-electron chi connectivity index (χ2n) is 3.52. The molecule has 0 aliphatic heterocycles. The number of hydrogen-bond acceptors (Lipinski definition) is 5. The van der Waals surface area contributed by atoms with Gasteiger partial charge in [-0.25, -0.2) is 8.42 Å². The van der Waals surface area contributed by atoms with Crippen molar-refractivity contribution in [2.45, 2.75) is 18.7 Å². The molecular weight excluding hydrogens is 256 g/mol. The Morgan fingerprint density at radius 3 is 2.33 bits per heavy atom. The van der Waals surface area contributed by atoms with Crippen LogP contribution in [0.5, 0.6) is 5.75 Å². The van der Waals surface area contributed by atoms with Crippen LogP contribution in [0.25, 0.3) is 0 Å². The molecule has 0 aromatic heterocycles. The molecule has 0 spiro atoms. The number of rotatable bonds is 6. The summed E-state index contributed by atoms with van der Waals surface area (Å²) in [6.45, 7) is 4.26. The number of hydrogen-bond donors (Lipinski definition) is 0. The minimum absolute atomic E-state index is 0.0427. The molecule has 0 radical (unpaired) electrons. The fraction of sp³-hybridized carbons (Fsp3) is 0.455. The summed E-state index contributed by atoms with van der Waals surface area (Å²) < 4.78 is 30.9. The second-order valence-corrected chi connectivity index (χ2v) is 5.42. The molecule has 6 nitrogen and oxygen atoms in total. The van der Waals surface area contributed by atoms with Crippen LogP contribution < -0.4 is 4.74 Å². The molecule has 0 amide bonds. The van der Waals surface area contributed by atoms with E-state index in [2.05, 4.69) is 5.18 Å². The summed E-state index contributed by atoms with van der Waals surface area (Å²) in [4.78, 5) is 10.5. The van der Waals surface area contributed by atoms with E-state index in [1.54, 1.807) is 13.8 Å². The average molecular weight is 272 g/mol. The minimum Gasteiger partial charge on any atom is -0.495 e. The lowest BCUT2D eigenvalue weighted by Crippen LogP contribution is -2.30. The molecule has 7 heteroatoms. The molecule has 0 bridgehead atoms. The van der Waals surface area contributed by atoms with Gasteiger partial charge in [0.1, 0.15) is 16.3 Å². The van der Waals surface area contributed by atoms with Gasteiger partial charge in [0.25, 0.3) is 0 Å². The molecule has 100 valence electrons. The number of methoxy groups -OCH3 is 1. The molecular formula is C11H16N2O4S. The van der Waals surface area contributed by atoms with E-state index in [-0.39, 0.29) is 16.3 Å². The Morgan fingerprint density at radius 1 is 1.28 bits per heavy atom. The smallest absolute Gasteiger partial charge is 0.246 e. The molecule has 0 fully saturated rings. The molecule has 0 aliphatic rings. The number of benzene rings is 1. The third kappa shape index (κ3) is 2.68. The second kappa shape index (κ2) is 5.92. The molecule has 18 heavy (non-hydrogen) atoms. The van der Waals surface area contributed by atoms with E-state index in [1.807, 2.05) is 0 Å². The van der Waals surface area contributed by atoms with Crippen LogP contribution in [0.2, 0.25) is 0 Å². The molecule has 0 saturated heterocycles. The first-order valence-corrected chi connectivity index (χ1v) is 6.96. The highest BCUT2D eigenvalue weighted by atomic mass is 32.2. The highest BCUT2D eigenvalue weighted by Gasteiger charge is 2.25. The molecule has 0 unspecified atom stereocenters. The lowest BCUT2D eigenvalue weighted by Gasteiger charge is -2.19. The van der Waals surface area contributed by atoms with Gasteiger partial charge in [0.2, 0.25) is 10.0 Å². The van der Waals surface area contributed by atoms with Gasteiger partial charge in [0.05, 0.1) is 7.11 Å². The van der Waals surface area contributed by atoms with Crippen LogP contribution in [-0.2, 0) is 10.0 Å². The summed E-state index contributed by atoms with van der Waals surface area (Å²) in [5.74, 6) is 0.124. The van der Waals surface area contributed by atoms with E-state index < -0.39 is 10.0 Å².